The molecule has 7 heteroatoms. The van der Waals surface area contributed by atoms with Crippen molar-refractivity contribution in [1.82, 2.24) is 4.90 Å². The Morgan fingerprint density at radius 3 is 2.55 bits per heavy atom. The van der Waals surface area contributed by atoms with E-state index >= 15 is 0 Å². The number of nitrogens with zero attached hydrogens (tertiary/aromatic N) is 1. The average Bonchev–Trinajstić information content (AvgIpc) is 3.36. The van der Waals surface area contributed by atoms with Gasteiger partial charge >= 0.3 is 0 Å². The molecule has 1 aliphatic rings. The summed E-state index contributed by atoms with van der Waals surface area (Å²) >= 11 is 0. The maximum atomic E-state index is 13.5. The van der Waals surface area contributed by atoms with Gasteiger partial charge in [0.2, 0.25) is 5.78 Å². The van der Waals surface area contributed by atoms with Crippen molar-refractivity contribution in [2.45, 2.75) is 19.9 Å². The first kappa shape index (κ1) is 22.6. The molecule has 172 valence electrons. The Labute approximate surface area is 192 Å². The molecule has 1 aliphatic heterocycles. The topological polar surface area (TPSA) is 89.2 Å². The largest absolute Gasteiger partial charge is 0.503 e. The Kier molecular flexibility index (Phi) is 6.51. The molecule has 0 saturated carbocycles. The van der Waals surface area contributed by atoms with E-state index < -0.39 is 23.5 Å². The number of amides is 1. The van der Waals surface area contributed by atoms with E-state index in [9.17, 15) is 14.7 Å². The van der Waals surface area contributed by atoms with Crippen molar-refractivity contribution in [2.24, 2.45) is 5.92 Å². The molecule has 0 fully saturated rings. The second-order valence-corrected chi connectivity index (χ2v) is 8.41. The number of fused-ring (bicyclic) bond motifs is 1. The molecular formula is C26H27NO6. The van der Waals surface area contributed by atoms with Crippen molar-refractivity contribution in [1.29, 1.82) is 0 Å². The predicted octanol–water partition coefficient (Wildman–Crippen LogP) is 4.69. The van der Waals surface area contributed by atoms with E-state index in [4.69, 9.17) is 13.9 Å². The number of benzene rings is 2. The summed E-state index contributed by atoms with van der Waals surface area (Å²) in [5, 5.41) is 11.5. The molecule has 0 aliphatic carbocycles. The summed E-state index contributed by atoms with van der Waals surface area (Å²) in [5.41, 5.74) is 1.23. The number of carbonyl (C=O) groups excluding carboxylic acids is 2. The van der Waals surface area contributed by atoms with Gasteiger partial charge in [-0.2, -0.15) is 0 Å². The lowest BCUT2D eigenvalue weighted by atomic mass is 9.95. The molecule has 1 aromatic heterocycles. The van der Waals surface area contributed by atoms with Crippen LogP contribution in [0.25, 0.3) is 11.0 Å². The van der Waals surface area contributed by atoms with Crippen LogP contribution in [0.2, 0.25) is 0 Å². The minimum absolute atomic E-state index is 0.00833. The quantitative estimate of drug-likeness (QED) is 0.477. The van der Waals surface area contributed by atoms with Crippen LogP contribution in [0.1, 0.15) is 36.0 Å². The van der Waals surface area contributed by atoms with Crippen molar-refractivity contribution in [3.63, 3.8) is 0 Å². The third-order valence-corrected chi connectivity index (χ3v) is 5.51. The number of ketones is 1. The van der Waals surface area contributed by atoms with Gasteiger partial charge in [-0.05, 0) is 35.7 Å². The number of hydrogen-bond acceptors (Lipinski definition) is 6. The molecule has 1 unspecified atom stereocenters. The fourth-order valence-electron chi connectivity index (χ4n) is 3.89. The summed E-state index contributed by atoms with van der Waals surface area (Å²) in [7, 11) is 1.53. The lowest BCUT2D eigenvalue weighted by molar-refractivity contribution is -0.130. The second kappa shape index (κ2) is 9.50. The Hall–Kier alpha value is -3.58. The first-order valence-corrected chi connectivity index (χ1v) is 10.9. The highest BCUT2D eigenvalue weighted by molar-refractivity contribution is 6.16. The van der Waals surface area contributed by atoms with Crippen molar-refractivity contribution in [3.8, 4) is 5.75 Å². The zero-order chi connectivity index (χ0) is 23.5. The van der Waals surface area contributed by atoms with Crippen LogP contribution in [0, 0.1) is 5.92 Å². The smallest absolute Gasteiger partial charge is 0.290 e. The molecule has 0 saturated heterocycles. The Balaban J connectivity index is 1.71. The molecule has 7 nitrogen and oxygen atoms in total. The molecule has 2 aromatic carbocycles. The Morgan fingerprint density at radius 2 is 1.88 bits per heavy atom. The van der Waals surface area contributed by atoms with Crippen molar-refractivity contribution in [3.05, 3.63) is 77.3 Å². The standard InChI is InChI=1S/C26H27NO6/c1-16(2)15-32-19-10-8-17(9-11-19)23-22(25(29)26(30)27(23)12-13-31-3)24(28)21-14-18-6-4-5-7-20(18)33-21/h4-11,14,16,23,29H,12-13,15H2,1-3H3. The van der Waals surface area contributed by atoms with E-state index in [0.717, 1.165) is 5.39 Å². The van der Waals surface area contributed by atoms with Crippen LogP contribution >= 0.6 is 0 Å². The third kappa shape index (κ3) is 4.50. The number of carbonyl (C=O) groups is 2. The van der Waals surface area contributed by atoms with E-state index in [1.165, 1.54) is 12.0 Å². The van der Waals surface area contributed by atoms with Crippen molar-refractivity contribution in [2.75, 3.05) is 26.9 Å². The fourth-order valence-corrected chi connectivity index (χ4v) is 3.89. The van der Waals surface area contributed by atoms with Gasteiger partial charge < -0.3 is 23.9 Å². The first-order valence-electron chi connectivity index (χ1n) is 10.9. The van der Waals surface area contributed by atoms with E-state index in [2.05, 4.69) is 13.8 Å². The molecule has 0 radical (unpaired) electrons. The zero-order valence-electron chi connectivity index (χ0n) is 18.9. The highest BCUT2D eigenvalue weighted by Crippen LogP contribution is 2.39. The number of methoxy groups -OCH3 is 1. The number of furan rings is 1. The molecule has 2 heterocycles. The third-order valence-electron chi connectivity index (χ3n) is 5.51. The number of aliphatic hydroxyl groups excluding tert-OH is 1. The number of para-hydroxylation sites is 1. The number of rotatable bonds is 9. The minimum Gasteiger partial charge on any atom is -0.503 e. The summed E-state index contributed by atoms with van der Waals surface area (Å²) in [4.78, 5) is 27.8. The highest BCUT2D eigenvalue weighted by Gasteiger charge is 2.44. The van der Waals surface area contributed by atoms with Gasteiger partial charge in [-0.3, -0.25) is 9.59 Å². The van der Waals surface area contributed by atoms with Gasteiger partial charge in [-0.1, -0.05) is 44.2 Å². The summed E-state index contributed by atoms with van der Waals surface area (Å²) < 4.78 is 16.6. The molecule has 1 amide bonds. The second-order valence-electron chi connectivity index (χ2n) is 8.41. The molecule has 4 rings (SSSR count). The van der Waals surface area contributed by atoms with E-state index in [0.29, 0.717) is 29.4 Å². The predicted molar refractivity (Wildman–Crippen MR) is 123 cm³/mol. The molecule has 0 bridgehead atoms. The number of aliphatic hydroxyl groups is 1. The van der Waals surface area contributed by atoms with Gasteiger partial charge in [0.1, 0.15) is 11.3 Å². The summed E-state index contributed by atoms with van der Waals surface area (Å²) in [6.45, 7) is 5.19. The van der Waals surface area contributed by atoms with E-state index in [-0.39, 0.29) is 24.5 Å². The van der Waals surface area contributed by atoms with Crippen LogP contribution in [0.3, 0.4) is 0 Å². The minimum atomic E-state index is -0.771. The first-order chi connectivity index (χ1) is 15.9. The van der Waals surface area contributed by atoms with Gasteiger partial charge in [-0.15, -0.1) is 0 Å². The maximum Gasteiger partial charge on any atom is 0.290 e. The van der Waals surface area contributed by atoms with Crippen LogP contribution in [0.4, 0.5) is 0 Å². The molecular weight excluding hydrogens is 422 g/mol. The van der Waals surface area contributed by atoms with E-state index in [1.54, 1.807) is 36.4 Å². The van der Waals surface area contributed by atoms with Crippen molar-refractivity contribution >= 4 is 22.7 Å². The molecule has 33 heavy (non-hydrogen) atoms. The lowest BCUT2D eigenvalue weighted by Gasteiger charge is -2.26. The lowest BCUT2D eigenvalue weighted by Crippen LogP contribution is -2.34. The average molecular weight is 450 g/mol. The van der Waals surface area contributed by atoms with Crippen LogP contribution in [0.5, 0.6) is 5.75 Å². The Bertz CT molecular complexity index is 1160. The van der Waals surface area contributed by atoms with Crippen LogP contribution in [0.15, 0.2) is 70.3 Å². The number of hydrogen-bond donors (Lipinski definition) is 1. The monoisotopic (exact) mass is 449 g/mol. The molecule has 3 aromatic rings. The molecule has 1 N–H and O–H groups in total. The van der Waals surface area contributed by atoms with E-state index in [1.807, 2.05) is 18.2 Å². The zero-order valence-corrected chi connectivity index (χ0v) is 18.9. The highest BCUT2D eigenvalue weighted by atomic mass is 16.5. The summed E-state index contributed by atoms with van der Waals surface area (Å²) in [6.07, 6.45) is 0. The fraction of sp³-hybridized carbons (Fsp3) is 0.308. The van der Waals surface area contributed by atoms with Crippen LogP contribution in [-0.4, -0.2) is 48.6 Å². The summed E-state index contributed by atoms with van der Waals surface area (Å²) in [5.74, 6) is -0.561. The number of Topliss-reactive ketones (excluding diaryl/α,β-unsaturated/α-hetero) is 1. The maximum absolute atomic E-state index is 13.5. The van der Waals surface area contributed by atoms with Crippen LogP contribution in [-0.2, 0) is 9.53 Å². The molecule has 1 atom stereocenters. The van der Waals surface area contributed by atoms with Gasteiger partial charge in [0.05, 0.1) is 24.8 Å². The van der Waals surface area contributed by atoms with Crippen LogP contribution < -0.4 is 4.74 Å². The summed E-state index contributed by atoms with van der Waals surface area (Å²) in [6, 6.07) is 15.3. The van der Waals surface area contributed by atoms with Gasteiger partial charge in [0.15, 0.2) is 11.5 Å². The van der Waals surface area contributed by atoms with Gasteiger partial charge in [0.25, 0.3) is 5.91 Å². The normalized spacial score (nSPS) is 16.3. The van der Waals surface area contributed by atoms with Gasteiger partial charge in [0, 0.05) is 19.0 Å². The van der Waals surface area contributed by atoms with Crippen molar-refractivity contribution < 1.29 is 28.6 Å². The van der Waals surface area contributed by atoms with Gasteiger partial charge in [-0.25, -0.2) is 0 Å². The SMILES string of the molecule is COCCN1C(=O)C(O)=C(C(=O)c2cc3ccccc3o2)C1c1ccc(OCC(C)C)cc1. The Morgan fingerprint density at radius 1 is 1.15 bits per heavy atom. The molecule has 0 spiro atoms. The number of ether oxygens (including phenoxy) is 2.